The maximum atomic E-state index is 12.9. The van der Waals surface area contributed by atoms with E-state index < -0.39 is 11.8 Å². The molecule has 1 unspecified atom stereocenters. The van der Waals surface area contributed by atoms with Crippen LogP contribution in [0.5, 0.6) is 0 Å². The lowest BCUT2D eigenvalue weighted by Gasteiger charge is -2.22. The van der Waals surface area contributed by atoms with Gasteiger partial charge in [-0.15, -0.1) is 0 Å². The number of nitrogens with zero attached hydrogens (tertiary/aromatic N) is 2. The fraction of sp³-hybridized carbons (Fsp3) is 0.316. The Bertz CT molecular complexity index is 795. The molecule has 1 atom stereocenters. The molecule has 2 aliphatic rings. The summed E-state index contributed by atoms with van der Waals surface area (Å²) in [5, 5.41) is 1.12. The van der Waals surface area contributed by atoms with Crippen molar-refractivity contribution in [3.8, 4) is 0 Å². The molecule has 23 heavy (non-hydrogen) atoms. The summed E-state index contributed by atoms with van der Waals surface area (Å²) in [5.41, 5.74) is 3.32. The highest BCUT2D eigenvalue weighted by Crippen LogP contribution is 2.50. The second-order valence-electron chi connectivity index (χ2n) is 6.33. The predicted molar refractivity (Wildman–Crippen MR) is 88.1 cm³/mol. The standard InChI is InChI=1S/C19H18F2N2/c20-19(21)13-17(19)7-11-23-9-5-14(6-10-23)15-3-4-18-16(12-15)2-1-8-22-18/h1-6,8-9,12,17H,7,10-11,13H2. The highest BCUT2D eigenvalue weighted by Gasteiger charge is 2.56. The number of aromatic nitrogens is 1. The van der Waals surface area contributed by atoms with E-state index in [0.717, 1.165) is 23.0 Å². The molecule has 0 radical (unpaired) electrons. The Kier molecular flexibility index (Phi) is 3.40. The molecule has 1 aliphatic heterocycles. The molecule has 1 saturated carbocycles. The van der Waals surface area contributed by atoms with Gasteiger partial charge in [0.1, 0.15) is 0 Å². The molecule has 0 saturated heterocycles. The second-order valence-corrected chi connectivity index (χ2v) is 6.33. The average molecular weight is 312 g/mol. The molecule has 0 amide bonds. The molecule has 4 heteroatoms. The van der Waals surface area contributed by atoms with Crippen molar-refractivity contribution in [2.24, 2.45) is 5.92 Å². The largest absolute Gasteiger partial charge is 0.374 e. The third-order valence-electron chi connectivity index (χ3n) is 4.67. The van der Waals surface area contributed by atoms with E-state index in [1.807, 2.05) is 18.3 Å². The molecule has 0 bridgehead atoms. The number of hydrogen-bond donors (Lipinski definition) is 0. The van der Waals surface area contributed by atoms with Crippen molar-refractivity contribution in [1.82, 2.24) is 9.88 Å². The first-order valence-electron chi connectivity index (χ1n) is 7.97. The van der Waals surface area contributed by atoms with Crippen LogP contribution in [-0.2, 0) is 0 Å². The highest BCUT2D eigenvalue weighted by molar-refractivity contribution is 5.85. The monoisotopic (exact) mass is 312 g/mol. The van der Waals surface area contributed by atoms with Crippen molar-refractivity contribution in [3.05, 3.63) is 60.4 Å². The molecule has 2 nitrogen and oxygen atoms in total. The normalized spacial score (nSPS) is 22.3. The van der Waals surface area contributed by atoms with Gasteiger partial charge >= 0.3 is 0 Å². The van der Waals surface area contributed by atoms with Gasteiger partial charge in [-0.1, -0.05) is 18.2 Å². The Balaban J connectivity index is 1.41. The van der Waals surface area contributed by atoms with Crippen molar-refractivity contribution in [3.63, 3.8) is 0 Å². The van der Waals surface area contributed by atoms with E-state index in [2.05, 4.69) is 40.2 Å². The average Bonchev–Trinajstić information content (AvgIpc) is 3.20. The quantitative estimate of drug-likeness (QED) is 0.827. The summed E-state index contributed by atoms with van der Waals surface area (Å²) in [6, 6.07) is 10.2. The Morgan fingerprint density at radius 3 is 2.87 bits per heavy atom. The van der Waals surface area contributed by atoms with Crippen LogP contribution in [0.4, 0.5) is 8.78 Å². The number of rotatable bonds is 4. The van der Waals surface area contributed by atoms with Gasteiger partial charge in [-0.05, 0) is 48.0 Å². The maximum absolute atomic E-state index is 12.9. The fourth-order valence-corrected chi connectivity index (χ4v) is 3.07. The molecular weight excluding hydrogens is 294 g/mol. The molecule has 1 aliphatic carbocycles. The minimum absolute atomic E-state index is 0.0662. The number of allylic oxidation sites excluding steroid dienone is 2. The van der Waals surface area contributed by atoms with Crippen LogP contribution >= 0.6 is 0 Å². The first kappa shape index (κ1) is 14.4. The van der Waals surface area contributed by atoms with Crippen LogP contribution in [0.1, 0.15) is 18.4 Å². The van der Waals surface area contributed by atoms with Gasteiger partial charge in [0.05, 0.1) is 5.52 Å². The molecule has 2 heterocycles. The van der Waals surface area contributed by atoms with Crippen LogP contribution < -0.4 is 0 Å². The molecule has 118 valence electrons. The van der Waals surface area contributed by atoms with Crippen molar-refractivity contribution in [2.75, 3.05) is 13.1 Å². The van der Waals surface area contributed by atoms with Crippen LogP contribution in [0, 0.1) is 5.92 Å². The van der Waals surface area contributed by atoms with E-state index in [0.29, 0.717) is 13.0 Å². The first-order valence-corrected chi connectivity index (χ1v) is 7.97. The molecule has 2 aromatic rings. The van der Waals surface area contributed by atoms with E-state index >= 15 is 0 Å². The Morgan fingerprint density at radius 2 is 2.13 bits per heavy atom. The Labute approximate surface area is 134 Å². The number of benzene rings is 1. The third-order valence-corrected chi connectivity index (χ3v) is 4.67. The molecule has 0 N–H and O–H groups in total. The number of fused-ring (bicyclic) bond motifs is 1. The SMILES string of the molecule is FC1(F)CC1CCN1C=CC(c2ccc3ncccc3c2)=CC1. The Morgan fingerprint density at radius 1 is 1.26 bits per heavy atom. The summed E-state index contributed by atoms with van der Waals surface area (Å²) in [6.45, 7) is 1.47. The minimum Gasteiger partial charge on any atom is -0.374 e. The summed E-state index contributed by atoms with van der Waals surface area (Å²) >= 11 is 0. The zero-order valence-electron chi connectivity index (χ0n) is 12.8. The number of halogens is 2. The van der Waals surface area contributed by atoms with Gasteiger partial charge in [-0.25, -0.2) is 8.78 Å². The lowest BCUT2D eigenvalue weighted by atomic mass is 10.0. The fourth-order valence-electron chi connectivity index (χ4n) is 3.07. The Hall–Kier alpha value is -2.23. The number of alkyl halides is 2. The smallest absolute Gasteiger partial charge is 0.251 e. The van der Waals surface area contributed by atoms with E-state index in [1.165, 1.54) is 5.57 Å². The van der Waals surface area contributed by atoms with Crippen molar-refractivity contribution in [2.45, 2.75) is 18.8 Å². The van der Waals surface area contributed by atoms with Crippen molar-refractivity contribution >= 4 is 16.5 Å². The molecular formula is C19H18F2N2. The molecule has 1 aromatic heterocycles. The summed E-state index contributed by atoms with van der Waals surface area (Å²) in [4.78, 5) is 6.43. The van der Waals surface area contributed by atoms with Crippen LogP contribution in [0.3, 0.4) is 0 Å². The summed E-state index contributed by atoms with van der Waals surface area (Å²) in [6.07, 6.45) is 8.67. The van der Waals surface area contributed by atoms with E-state index in [9.17, 15) is 8.78 Å². The zero-order valence-corrected chi connectivity index (χ0v) is 12.8. The van der Waals surface area contributed by atoms with Gasteiger partial charge in [0, 0.05) is 37.0 Å². The van der Waals surface area contributed by atoms with Crippen molar-refractivity contribution in [1.29, 1.82) is 0 Å². The lowest BCUT2D eigenvalue weighted by Crippen LogP contribution is -2.21. The van der Waals surface area contributed by atoms with Gasteiger partial charge < -0.3 is 4.90 Å². The van der Waals surface area contributed by atoms with Crippen LogP contribution in [-0.4, -0.2) is 28.9 Å². The van der Waals surface area contributed by atoms with Crippen molar-refractivity contribution < 1.29 is 8.78 Å². The third kappa shape index (κ3) is 2.98. The highest BCUT2D eigenvalue weighted by atomic mass is 19.3. The summed E-state index contributed by atoms with van der Waals surface area (Å²) in [5.74, 6) is -2.81. The van der Waals surface area contributed by atoms with E-state index in [4.69, 9.17) is 0 Å². The molecule has 1 fully saturated rings. The van der Waals surface area contributed by atoms with E-state index in [-0.39, 0.29) is 6.42 Å². The first-order chi connectivity index (χ1) is 11.1. The van der Waals surface area contributed by atoms with Crippen LogP contribution in [0.25, 0.3) is 16.5 Å². The van der Waals surface area contributed by atoms with Gasteiger partial charge in [0.25, 0.3) is 5.92 Å². The topological polar surface area (TPSA) is 16.1 Å². The van der Waals surface area contributed by atoms with Crippen LogP contribution in [0.15, 0.2) is 54.9 Å². The second kappa shape index (κ2) is 5.44. The number of hydrogen-bond acceptors (Lipinski definition) is 2. The lowest BCUT2D eigenvalue weighted by molar-refractivity contribution is 0.0953. The van der Waals surface area contributed by atoms with Gasteiger partial charge in [-0.2, -0.15) is 0 Å². The molecule has 0 spiro atoms. The summed E-state index contributed by atoms with van der Waals surface area (Å²) < 4.78 is 25.8. The predicted octanol–water partition coefficient (Wildman–Crippen LogP) is 4.49. The van der Waals surface area contributed by atoms with Gasteiger partial charge in [0.2, 0.25) is 0 Å². The zero-order chi connectivity index (χ0) is 15.9. The summed E-state index contributed by atoms with van der Waals surface area (Å²) in [7, 11) is 0. The maximum Gasteiger partial charge on any atom is 0.251 e. The number of pyridine rings is 1. The molecule has 1 aromatic carbocycles. The van der Waals surface area contributed by atoms with Gasteiger partial charge in [0.15, 0.2) is 0 Å². The minimum atomic E-state index is -2.40. The van der Waals surface area contributed by atoms with Crippen LogP contribution in [0.2, 0.25) is 0 Å². The van der Waals surface area contributed by atoms with E-state index in [1.54, 1.807) is 6.20 Å². The molecule has 4 rings (SSSR count). The van der Waals surface area contributed by atoms with Gasteiger partial charge in [-0.3, -0.25) is 4.98 Å².